The summed E-state index contributed by atoms with van der Waals surface area (Å²) in [6, 6.07) is 0. The van der Waals surface area contributed by atoms with E-state index in [0.29, 0.717) is 5.92 Å². The van der Waals surface area contributed by atoms with Crippen LogP contribution in [-0.2, 0) is 14.3 Å². The fourth-order valence-corrected chi connectivity index (χ4v) is 2.36. The van der Waals surface area contributed by atoms with Gasteiger partial charge in [-0.2, -0.15) is 0 Å². The van der Waals surface area contributed by atoms with Gasteiger partial charge in [-0.1, -0.05) is 19.6 Å². The van der Waals surface area contributed by atoms with E-state index >= 15 is 0 Å². The lowest BCUT2D eigenvalue weighted by Gasteiger charge is -2.27. The molecule has 0 aromatic heterocycles. The third kappa shape index (κ3) is 4.55. The predicted molar refractivity (Wildman–Crippen MR) is 72.0 cm³/mol. The molecule has 0 radical (unpaired) electrons. The van der Waals surface area contributed by atoms with E-state index < -0.39 is 0 Å². The lowest BCUT2D eigenvalue weighted by molar-refractivity contribution is -0.146. The van der Waals surface area contributed by atoms with Gasteiger partial charge in [-0.3, -0.25) is 4.79 Å². The second-order valence-electron chi connectivity index (χ2n) is 4.77. The molecule has 1 saturated carbocycles. The van der Waals surface area contributed by atoms with Crippen molar-refractivity contribution in [3.63, 3.8) is 0 Å². The van der Waals surface area contributed by atoms with Gasteiger partial charge in [0.25, 0.3) is 0 Å². The minimum absolute atomic E-state index is 0.0600. The molecule has 102 valence electrons. The Hall–Kier alpha value is -1.25. The number of carbonyl (C=O) groups is 1. The smallest absolute Gasteiger partial charge is 0.308 e. The lowest BCUT2D eigenvalue weighted by Crippen LogP contribution is -2.24. The van der Waals surface area contributed by atoms with Gasteiger partial charge in [0.1, 0.15) is 0 Å². The molecule has 0 aromatic carbocycles. The maximum Gasteiger partial charge on any atom is 0.308 e. The first-order valence-electron chi connectivity index (χ1n) is 6.73. The normalized spacial score (nSPS) is 24.4. The molecule has 0 saturated heterocycles. The lowest BCUT2D eigenvalue weighted by atomic mass is 9.82. The van der Waals surface area contributed by atoms with E-state index in [0.717, 1.165) is 44.5 Å². The molecule has 1 aliphatic rings. The van der Waals surface area contributed by atoms with Crippen LogP contribution < -0.4 is 0 Å². The third-order valence-corrected chi connectivity index (χ3v) is 3.54. The summed E-state index contributed by atoms with van der Waals surface area (Å²) in [5.74, 6) is 1.58. The van der Waals surface area contributed by atoms with Gasteiger partial charge in [0.2, 0.25) is 0 Å². The van der Waals surface area contributed by atoms with E-state index in [1.54, 1.807) is 6.08 Å². The van der Waals surface area contributed by atoms with Crippen molar-refractivity contribution in [2.24, 2.45) is 11.8 Å². The van der Waals surface area contributed by atoms with Crippen LogP contribution in [0.2, 0.25) is 0 Å². The molecule has 0 spiro atoms. The first kappa shape index (κ1) is 14.8. The van der Waals surface area contributed by atoms with Crippen LogP contribution in [0.5, 0.6) is 0 Å². The summed E-state index contributed by atoms with van der Waals surface area (Å²) in [5.41, 5.74) is 0. The number of allylic oxidation sites excluding steroid dienone is 3. The molecule has 0 aromatic rings. The summed E-state index contributed by atoms with van der Waals surface area (Å²) >= 11 is 0. The van der Waals surface area contributed by atoms with Crippen LogP contribution in [0.15, 0.2) is 24.5 Å². The highest BCUT2D eigenvalue weighted by Gasteiger charge is 2.27. The number of hydrogen-bond acceptors (Lipinski definition) is 3. The van der Waals surface area contributed by atoms with Crippen LogP contribution in [0.3, 0.4) is 0 Å². The fourth-order valence-electron chi connectivity index (χ4n) is 2.36. The van der Waals surface area contributed by atoms with Gasteiger partial charge in [0.05, 0.1) is 25.4 Å². The van der Waals surface area contributed by atoms with Crippen LogP contribution in [0.25, 0.3) is 0 Å². The summed E-state index contributed by atoms with van der Waals surface area (Å²) in [6.07, 6.45) is 8.51. The number of hydrogen-bond donors (Lipinski definition) is 0. The van der Waals surface area contributed by atoms with Crippen molar-refractivity contribution in [3.05, 3.63) is 24.5 Å². The van der Waals surface area contributed by atoms with Gasteiger partial charge in [-0.05, 0) is 37.7 Å². The second kappa shape index (κ2) is 7.96. The average molecular weight is 252 g/mol. The van der Waals surface area contributed by atoms with Crippen LogP contribution in [0.4, 0.5) is 0 Å². The highest BCUT2D eigenvalue weighted by Crippen LogP contribution is 2.30. The van der Waals surface area contributed by atoms with Crippen LogP contribution in [0, 0.1) is 11.8 Å². The third-order valence-electron chi connectivity index (χ3n) is 3.54. The van der Waals surface area contributed by atoms with E-state index in [1.165, 1.54) is 7.11 Å². The van der Waals surface area contributed by atoms with Gasteiger partial charge in [-0.15, -0.1) is 0 Å². The molecular weight excluding hydrogens is 228 g/mol. The zero-order valence-electron chi connectivity index (χ0n) is 11.5. The Labute approximate surface area is 110 Å². The molecule has 18 heavy (non-hydrogen) atoms. The van der Waals surface area contributed by atoms with Crippen molar-refractivity contribution >= 4 is 5.97 Å². The number of ether oxygens (including phenoxy) is 2. The highest BCUT2D eigenvalue weighted by atomic mass is 16.5. The molecule has 0 heterocycles. The van der Waals surface area contributed by atoms with Crippen LogP contribution >= 0.6 is 0 Å². The molecule has 3 nitrogen and oxygen atoms in total. The van der Waals surface area contributed by atoms with Crippen molar-refractivity contribution in [1.82, 2.24) is 0 Å². The maximum absolute atomic E-state index is 11.4. The number of rotatable bonds is 6. The Kier molecular flexibility index (Phi) is 6.55. The molecule has 0 bridgehead atoms. The maximum atomic E-state index is 11.4. The van der Waals surface area contributed by atoms with Gasteiger partial charge in [0.15, 0.2) is 0 Å². The molecular formula is C15H24O3. The molecule has 0 amide bonds. The second-order valence-corrected chi connectivity index (χ2v) is 4.77. The Morgan fingerprint density at radius 2 is 2.00 bits per heavy atom. The highest BCUT2D eigenvalue weighted by molar-refractivity contribution is 5.72. The van der Waals surface area contributed by atoms with E-state index in [-0.39, 0.29) is 11.9 Å². The molecule has 3 heteroatoms. The summed E-state index contributed by atoms with van der Waals surface area (Å²) in [5, 5.41) is 0. The Morgan fingerprint density at radius 1 is 1.33 bits per heavy atom. The standard InChI is InChI=1S/C15H24O3/c1-4-6-14(5-2)18-11-12-7-9-13(10-8-12)15(16)17-3/h4,6,12-13H,1,5,7-11H2,2-3H3/b14-6-. The molecule has 0 aliphatic heterocycles. The first-order valence-corrected chi connectivity index (χ1v) is 6.73. The summed E-state index contributed by atoms with van der Waals surface area (Å²) in [4.78, 5) is 11.4. The summed E-state index contributed by atoms with van der Waals surface area (Å²) in [7, 11) is 1.46. The van der Waals surface area contributed by atoms with Gasteiger partial charge >= 0.3 is 5.97 Å². The Balaban J connectivity index is 2.29. The topological polar surface area (TPSA) is 35.5 Å². The number of carbonyl (C=O) groups excluding carboxylic acids is 1. The molecule has 1 aliphatic carbocycles. The summed E-state index contributed by atoms with van der Waals surface area (Å²) in [6.45, 7) is 6.50. The monoisotopic (exact) mass is 252 g/mol. The largest absolute Gasteiger partial charge is 0.498 e. The molecule has 0 N–H and O–H groups in total. The first-order chi connectivity index (χ1) is 8.71. The predicted octanol–water partition coefficient (Wildman–Crippen LogP) is 3.46. The minimum atomic E-state index is -0.0600. The molecule has 1 rings (SSSR count). The van der Waals surface area contributed by atoms with Crippen molar-refractivity contribution < 1.29 is 14.3 Å². The average Bonchev–Trinajstić information content (AvgIpc) is 2.43. The fraction of sp³-hybridized carbons (Fsp3) is 0.667. The summed E-state index contributed by atoms with van der Waals surface area (Å²) < 4.78 is 10.5. The molecule has 1 fully saturated rings. The van der Waals surface area contributed by atoms with Crippen LogP contribution in [0.1, 0.15) is 39.0 Å². The van der Waals surface area contributed by atoms with Gasteiger partial charge in [-0.25, -0.2) is 0 Å². The minimum Gasteiger partial charge on any atom is -0.498 e. The SMILES string of the molecule is C=C/C=C(/CC)OCC1CCC(C(=O)OC)CC1. The Morgan fingerprint density at radius 3 is 2.50 bits per heavy atom. The number of methoxy groups -OCH3 is 1. The van der Waals surface area contributed by atoms with Crippen molar-refractivity contribution in [1.29, 1.82) is 0 Å². The Bertz CT molecular complexity index is 299. The zero-order valence-corrected chi connectivity index (χ0v) is 11.5. The quantitative estimate of drug-likeness (QED) is 0.412. The van der Waals surface area contributed by atoms with Crippen molar-refractivity contribution in [2.75, 3.05) is 13.7 Å². The van der Waals surface area contributed by atoms with E-state index in [2.05, 4.69) is 13.5 Å². The van der Waals surface area contributed by atoms with E-state index in [9.17, 15) is 4.79 Å². The van der Waals surface area contributed by atoms with E-state index in [1.807, 2.05) is 6.08 Å². The van der Waals surface area contributed by atoms with Crippen molar-refractivity contribution in [2.45, 2.75) is 39.0 Å². The molecule has 0 atom stereocenters. The van der Waals surface area contributed by atoms with Crippen LogP contribution in [-0.4, -0.2) is 19.7 Å². The van der Waals surface area contributed by atoms with Gasteiger partial charge in [0, 0.05) is 6.42 Å². The zero-order chi connectivity index (χ0) is 13.4. The molecule has 0 unspecified atom stereocenters. The van der Waals surface area contributed by atoms with Crippen molar-refractivity contribution in [3.8, 4) is 0 Å². The van der Waals surface area contributed by atoms with Gasteiger partial charge < -0.3 is 9.47 Å². The number of esters is 1. The van der Waals surface area contributed by atoms with E-state index in [4.69, 9.17) is 9.47 Å².